The van der Waals surface area contributed by atoms with Gasteiger partial charge >= 0.3 is 0 Å². The molecule has 0 unspecified atom stereocenters. The van der Waals surface area contributed by atoms with Crippen molar-refractivity contribution in [2.45, 2.75) is 26.2 Å². The smallest absolute Gasteiger partial charge is 0.282 e. The lowest BCUT2D eigenvalue weighted by molar-refractivity contribution is -0.384. The number of morpholine rings is 1. The van der Waals surface area contributed by atoms with Crippen molar-refractivity contribution in [3.8, 4) is 0 Å². The molecular weight excluding hydrogens is 410 g/mol. The van der Waals surface area contributed by atoms with E-state index in [1.54, 1.807) is 12.1 Å². The second-order valence-corrected chi connectivity index (χ2v) is 7.84. The topological polar surface area (TPSA) is 93.0 Å². The Hall–Kier alpha value is -3.52. The van der Waals surface area contributed by atoms with Gasteiger partial charge in [-0.2, -0.15) is 0 Å². The fourth-order valence-electron chi connectivity index (χ4n) is 4.04. The standard InChI is InChI=1S/C24H25N3O5/c1-2-3-4-17-5-9-19(10-6-17)26-23(28)21(18-7-11-20(12-8-18)27(30)31)22(24(26)29)25-13-15-32-16-14-25/h5-12H,2-4,13-16H2,1H3. The number of rotatable bonds is 7. The molecule has 0 aliphatic carbocycles. The number of imide groups is 1. The number of amides is 2. The fourth-order valence-corrected chi connectivity index (χ4v) is 4.04. The Kier molecular flexibility index (Phi) is 6.32. The van der Waals surface area contributed by atoms with Gasteiger partial charge in [0.05, 0.1) is 29.4 Å². The summed E-state index contributed by atoms with van der Waals surface area (Å²) in [6.07, 6.45) is 3.12. The second-order valence-electron chi connectivity index (χ2n) is 7.84. The van der Waals surface area contributed by atoms with Crippen LogP contribution in [-0.2, 0) is 20.7 Å². The SMILES string of the molecule is CCCCc1ccc(N2C(=O)C(c3ccc([N+](=O)[O-])cc3)=C(N3CCOCC3)C2=O)cc1. The van der Waals surface area contributed by atoms with Crippen molar-refractivity contribution >= 4 is 28.8 Å². The summed E-state index contributed by atoms with van der Waals surface area (Å²) in [5, 5.41) is 11.0. The molecule has 0 saturated carbocycles. The molecule has 166 valence electrons. The number of anilines is 1. The van der Waals surface area contributed by atoms with Crippen LogP contribution in [0, 0.1) is 10.1 Å². The predicted octanol–water partition coefficient (Wildman–Crippen LogP) is 3.55. The minimum absolute atomic E-state index is 0.0708. The monoisotopic (exact) mass is 435 g/mol. The van der Waals surface area contributed by atoms with Crippen LogP contribution in [0.2, 0.25) is 0 Å². The lowest BCUT2D eigenvalue weighted by Crippen LogP contribution is -2.40. The molecule has 0 bridgehead atoms. The van der Waals surface area contributed by atoms with Crippen LogP contribution in [0.3, 0.4) is 0 Å². The largest absolute Gasteiger partial charge is 0.378 e. The van der Waals surface area contributed by atoms with E-state index in [0.29, 0.717) is 43.3 Å². The van der Waals surface area contributed by atoms with Crippen molar-refractivity contribution in [2.75, 3.05) is 31.2 Å². The number of aryl methyl sites for hydroxylation is 1. The summed E-state index contributed by atoms with van der Waals surface area (Å²) in [7, 11) is 0. The highest BCUT2D eigenvalue weighted by Gasteiger charge is 2.42. The van der Waals surface area contributed by atoms with Gasteiger partial charge in [-0.05, 0) is 48.2 Å². The Morgan fingerprint density at radius 2 is 1.62 bits per heavy atom. The molecule has 2 aliphatic rings. The maximum atomic E-state index is 13.5. The van der Waals surface area contributed by atoms with Crippen LogP contribution in [0.4, 0.5) is 11.4 Å². The number of non-ortho nitro benzene ring substituents is 1. The van der Waals surface area contributed by atoms with Gasteiger partial charge in [-0.1, -0.05) is 25.5 Å². The molecule has 8 heteroatoms. The van der Waals surface area contributed by atoms with Gasteiger partial charge in [-0.15, -0.1) is 0 Å². The predicted molar refractivity (Wildman–Crippen MR) is 120 cm³/mol. The molecule has 8 nitrogen and oxygen atoms in total. The highest BCUT2D eigenvalue weighted by molar-refractivity contribution is 6.45. The Labute approximate surface area is 186 Å². The van der Waals surface area contributed by atoms with Gasteiger partial charge in [0.2, 0.25) is 0 Å². The minimum atomic E-state index is -0.491. The van der Waals surface area contributed by atoms with Crippen molar-refractivity contribution in [1.82, 2.24) is 4.90 Å². The zero-order valence-corrected chi connectivity index (χ0v) is 18.0. The van der Waals surface area contributed by atoms with Crippen molar-refractivity contribution in [3.63, 3.8) is 0 Å². The van der Waals surface area contributed by atoms with E-state index in [1.165, 1.54) is 29.2 Å². The summed E-state index contributed by atoms with van der Waals surface area (Å²) in [5.74, 6) is -0.807. The molecule has 0 aromatic heterocycles. The van der Waals surface area contributed by atoms with Gasteiger partial charge < -0.3 is 9.64 Å². The third kappa shape index (κ3) is 4.13. The third-order valence-electron chi connectivity index (χ3n) is 5.77. The van der Waals surface area contributed by atoms with Crippen LogP contribution in [0.25, 0.3) is 5.57 Å². The Morgan fingerprint density at radius 1 is 0.969 bits per heavy atom. The Bertz CT molecular complexity index is 1050. The first kappa shape index (κ1) is 21.7. The van der Waals surface area contributed by atoms with Crippen molar-refractivity contribution < 1.29 is 19.2 Å². The summed E-state index contributed by atoms with van der Waals surface area (Å²) >= 11 is 0. The molecule has 1 fully saturated rings. The molecule has 0 spiro atoms. The molecule has 0 N–H and O–H groups in total. The zero-order chi connectivity index (χ0) is 22.7. The van der Waals surface area contributed by atoms with Crippen molar-refractivity contribution in [3.05, 3.63) is 75.5 Å². The summed E-state index contributed by atoms with van der Waals surface area (Å²) in [6, 6.07) is 13.2. The van der Waals surface area contributed by atoms with Crippen molar-refractivity contribution in [1.29, 1.82) is 0 Å². The highest BCUT2D eigenvalue weighted by atomic mass is 16.6. The van der Waals surface area contributed by atoms with Gasteiger partial charge in [0, 0.05) is 25.2 Å². The second kappa shape index (κ2) is 9.32. The number of hydrogen-bond donors (Lipinski definition) is 0. The van der Waals surface area contributed by atoms with Crippen LogP contribution in [-0.4, -0.2) is 47.9 Å². The number of carbonyl (C=O) groups is 2. The van der Waals surface area contributed by atoms with E-state index in [4.69, 9.17) is 4.74 Å². The lowest BCUT2D eigenvalue weighted by atomic mass is 10.0. The van der Waals surface area contributed by atoms with Crippen LogP contribution in [0.5, 0.6) is 0 Å². The van der Waals surface area contributed by atoms with Crippen molar-refractivity contribution in [2.24, 2.45) is 0 Å². The number of carbonyl (C=O) groups excluding carboxylic acids is 2. The first-order chi connectivity index (χ1) is 15.5. The molecule has 2 aliphatic heterocycles. The number of hydrogen-bond acceptors (Lipinski definition) is 6. The molecule has 2 aromatic carbocycles. The maximum absolute atomic E-state index is 13.5. The molecular formula is C24H25N3O5. The molecule has 4 rings (SSSR count). The van der Waals surface area contributed by atoms with E-state index in [0.717, 1.165) is 24.8 Å². The number of benzene rings is 2. The number of ether oxygens (including phenoxy) is 1. The first-order valence-electron chi connectivity index (χ1n) is 10.8. The van der Waals surface area contributed by atoms with Crippen LogP contribution in [0.1, 0.15) is 30.9 Å². The first-order valence-corrected chi connectivity index (χ1v) is 10.8. The van der Waals surface area contributed by atoms with Gasteiger partial charge in [0.1, 0.15) is 5.70 Å². The Morgan fingerprint density at radius 3 is 2.22 bits per heavy atom. The molecule has 2 heterocycles. The maximum Gasteiger partial charge on any atom is 0.282 e. The van der Waals surface area contributed by atoms with E-state index in [-0.39, 0.29) is 17.2 Å². The molecule has 2 amide bonds. The molecule has 0 atom stereocenters. The number of nitro benzene ring substituents is 1. The minimum Gasteiger partial charge on any atom is -0.378 e. The highest BCUT2D eigenvalue weighted by Crippen LogP contribution is 2.35. The van der Waals surface area contributed by atoms with E-state index in [9.17, 15) is 19.7 Å². The average molecular weight is 435 g/mol. The van der Waals surface area contributed by atoms with Crippen LogP contribution >= 0.6 is 0 Å². The van der Waals surface area contributed by atoms with E-state index >= 15 is 0 Å². The number of unbranched alkanes of at least 4 members (excludes halogenated alkanes) is 1. The van der Waals surface area contributed by atoms with Gasteiger partial charge in [-0.25, -0.2) is 4.90 Å². The van der Waals surface area contributed by atoms with E-state index in [1.807, 2.05) is 17.0 Å². The summed E-state index contributed by atoms with van der Waals surface area (Å²) in [6.45, 7) is 4.05. The van der Waals surface area contributed by atoms with E-state index < -0.39 is 10.8 Å². The average Bonchev–Trinajstić information content (AvgIpc) is 3.08. The third-order valence-corrected chi connectivity index (χ3v) is 5.77. The molecule has 2 aromatic rings. The lowest BCUT2D eigenvalue weighted by Gasteiger charge is -2.29. The van der Waals surface area contributed by atoms with Crippen LogP contribution < -0.4 is 4.90 Å². The number of nitrogens with zero attached hydrogens (tertiary/aromatic N) is 3. The fraction of sp³-hybridized carbons (Fsp3) is 0.333. The number of nitro groups is 1. The normalized spacial score (nSPS) is 16.8. The van der Waals surface area contributed by atoms with E-state index in [2.05, 4.69) is 6.92 Å². The van der Waals surface area contributed by atoms with Crippen LogP contribution in [0.15, 0.2) is 54.2 Å². The van der Waals surface area contributed by atoms with Gasteiger partial charge in [-0.3, -0.25) is 19.7 Å². The molecule has 0 radical (unpaired) electrons. The summed E-state index contributed by atoms with van der Waals surface area (Å²) < 4.78 is 5.41. The Balaban J connectivity index is 1.72. The summed E-state index contributed by atoms with van der Waals surface area (Å²) in [5.41, 5.74) is 2.68. The van der Waals surface area contributed by atoms with Gasteiger partial charge in [0.25, 0.3) is 17.5 Å². The summed E-state index contributed by atoms with van der Waals surface area (Å²) in [4.78, 5) is 40.6. The quantitative estimate of drug-likeness (QED) is 0.375. The zero-order valence-electron chi connectivity index (χ0n) is 18.0. The van der Waals surface area contributed by atoms with Gasteiger partial charge in [0.15, 0.2) is 0 Å². The molecule has 32 heavy (non-hydrogen) atoms. The molecule has 1 saturated heterocycles.